The van der Waals surface area contributed by atoms with E-state index in [4.69, 9.17) is 16.3 Å². The molecule has 0 aromatic heterocycles. The van der Waals surface area contributed by atoms with Crippen LogP contribution in [0.4, 0.5) is 4.39 Å². The number of carbonyl (C=O) groups excluding carboxylic acids is 1. The summed E-state index contributed by atoms with van der Waals surface area (Å²) in [6, 6.07) is 10.9. The summed E-state index contributed by atoms with van der Waals surface area (Å²) in [5, 5.41) is 0.431. The highest BCUT2D eigenvalue weighted by atomic mass is 35.5. The Bertz CT molecular complexity index is 569. The van der Waals surface area contributed by atoms with Gasteiger partial charge >= 0.3 is 0 Å². The molecule has 0 spiro atoms. The molecular weight excluding hydrogens is 255 g/mol. The topological polar surface area (TPSA) is 26.3 Å². The minimum absolute atomic E-state index is 0.113. The molecule has 2 nitrogen and oxygen atoms in total. The summed E-state index contributed by atoms with van der Waals surface area (Å²) >= 11 is 5.92. The van der Waals surface area contributed by atoms with Gasteiger partial charge in [-0.3, -0.25) is 4.79 Å². The van der Waals surface area contributed by atoms with Crippen LogP contribution >= 0.6 is 11.6 Å². The number of halogens is 2. The van der Waals surface area contributed by atoms with Gasteiger partial charge in [0.05, 0.1) is 5.56 Å². The molecule has 2 aromatic carbocycles. The summed E-state index contributed by atoms with van der Waals surface area (Å²) in [5.74, 6) is 0.0782. The van der Waals surface area contributed by atoms with E-state index in [1.807, 2.05) is 0 Å². The highest BCUT2D eigenvalue weighted by Crippen LogP contribution is 2.21. The van der Waals surface area contributed by atoms with Gasteiger partial charge in [0.1, 0.15) is 18.2 Å². The first kappa shape index (κ1) is 12.6. The van der Waals surface area contributed by atoms with E-state index in [0.29, 0.717) is 28.2 Å². The molecule has 0 bridgehead atoms. The van der Waals surface area contributed by atoms with Crippen molar-refractivity contribution in [2.75, 3.05) is 0 Å². The molecule has 92 valence electrons. The van der Waals surface area contributed by atoms with Crippen LogP contribution in [0, 0.1) is 5.82 Å². The maximum absolute atomic E-state index is 13.0. The zero-order valence-corrected chi connectivity index (χ0v) is 10.2. The van der Waals surface area contributed by atoms with E-state index >= 15 is 0 Å². The third-order valence-electron chi connectivity index (χ3n) is 2.44. The van der Waals surface area contributed by atoms with Crippen molar-refractivity contribution in [2.45, 2.75) is 6.61 Å². The number of hydrogen-bond donors (Lipinski definition) is 0. The highest BCUT2D eigenvalue weighted by molar-refractivity contribution is 6.31. The van der Waals surface area contributed by atoms with Gasteiger partial charge in [0, 0.05) is 10.6 Å². The predicted octanol–water partition coefficient (Wildman–Crippen LogP) is 3.87. The van der Waals surface area contributed by atoms with E-state index in [2.05, 4.69) is 0 Å². The van der Waals surface area contributed by atoms with Gasteiger partial charge in [-0.25, -0.2) is 4.39 Å². The smallest absolute Gasteiger partial charge is 0.153 e. The van der Waals surface area contributed by atoms with Gasteiger partial charge < -0.3 is 4.74 Å². The minimum Gasteiger partial charge on any atom is -0.488 e. The van der Waals surface area contributed by atoms with Crippen molar-refractivity contribution in [1.29, 1.82) is 0 Å². The number of hydrogen-bond acceptors (Lipinski definition) is 2. The second-order valence-corrected chi connectivity index (χ2v) is 4.09. The SMILES string of the molecule is O=Cc1ccccc1OCc1cc(F)ccc1Cl. The van der Waals surface area contributed by atoms with Crippen molar-refractivity contribution in [3.05, 3.63) is 64.4 Å². The lowest BCUT2D eigenvalue weighted by molar-refractivity contribution is 0.111. The molecule has 2 aromatic rings. The molecule has 0 aliphatic rings. The summed E-state index contributed by atoms with van der Waals surface area (Å²) in [6.45, 7) is 0.113. The van der Waals surface area contributed by atoms with Crippen molar-refractivity contribution in [3.63, 3.8) is 0 Å². The average Bonchev–Trinajstić information content (AvgIpc) is 2.40. The molecule has 4 heteroatoms. The highest BCUT2D eigenvalue weighted by Gasteiger charge is 2.05. The maximum Gasteiger partial charge on any atom is 0.153 e. The Hall–Kier alpha value is -1.87. The number of benzene rings is 2. The van der Waals surface area contributed by atoms with Crippen LogP contribution in [0.5, 0.6) is 5.75 Å². The first-order valence-corrected chi connectivity index (χ1v) is 5.69. The van der Waals surface area contributed by atoms with Crippen molar-refractivity contribution in [1.82, 2.24) is 0 Å². The number of rotatable bonds is 4. The van der Waals surface area contributed by atoms with Crippen LogP contribution in [0.15, 0.2) is 42.5 Å². The number of ether oxygens (including phenoxy) is 1. The number of para-hydroxylation sites is 1. The fourth-order valence-electron chi connectivity index (χ4n) is 1.52. The van der Waals surface area contributed by atoms with Crippen LogP contribution in [0.25, 0.3) is 0 Å². The molecular formula is C14H10ClFO2. The standard InChI is InChI=1S/C14H10ClFO2/c15-13-6-5-12(16)7-11(13)9-18-14-4-2-1-3-10(14)8-17/h1-8H,9H2. The molecule has 0 unspecified atom stereocenters. The fraction of sp³-hybridized carbons (Fsp3) is 0.0714. The van der Waals surface area contributed by atoms with Gasteiger partial charge in [-0.15, -0.1) is 0 Å². The largest absolute Gasteiger partial charge is 0.488 e. The third kappa shape index (κ3) is 2.87. The van der Waals surface area contributed by atoms with Gasteiger partial charge in [0.25, 0.3) is 0 Å². The number of carbonyl (C=O) groups is 1. The molecule has 0 aliphatic heterocycles. The fourth-order valence-corrected chi connectivity index (χ4v) is 1.69. The quantitative estimate of drug-likeness (QED) is 0.784. The summed E-state index contributed by atoms with van der Waals surface area (Å²) in [4.78, 5) is 10.8. The van der Waals surface area contributed by atoms with Gasteiger partial charge in [-0.1, -0.05) is 23.7 Å². The van der Waals surface area contributed by atoms with E-state index in [1.54, 1.807) is 24.3 Å². The van der Waals surface area contributed by atoms with Crippen molar-refractivity contribution in [3.8, 4) is 5.75 Å². The molecule has 0 heterocycles. The summed E-state index contributed by atoms with van der Waals surface area (Å²) < 4.78 is 18.5. The van der Waals surface area contributed by atoms with Crippen LogP contribution < -0.4 is 4.74 Å². The molecule has 0 N–H and O–H groups in total. The van der Waals surface area contributed by atoms with E-state index < -0.39 is 0 Å². The molecule has 0 saturated heterocycles. The molecule has 0 saturated carbocycles. The van der Waals surface area contributed by atoms with Gasteiger partial charge in [0.15, 0.2) is 6.29 Å². The summed E-state index contributed by atoms with van der Waals surface area (Å²) in [5.41, 5.74) is 0.988. The minimum atomic E-state index is -0.373. The predicted molar refractivity (Wildman–Crippen MR) is 67.6 cm³/mol. The Balaban J connectivity index is 2.16. The normalized spacial score (nSPS) is 10.1. The molecule has 0 aliphatic carbocycles. The lowest BCUT2D eigenvalue weighted by Gasteiger charge is -2.09. The Morgan fingerprint density at radius 1 is 1.22 bits per heavy atom. The van der Waals surface area contributed by atoms with Gasteiger partial charge in [-0.05, 0) is 30.3 Å². The Morgan fingerprint density at radius 3 is 2.78 bits per heavy atom. The van der Waals surface area contributed by atoms with Crippen LogP contribution in [0.2, 0.25) is 5.02 Å². The van der Waals surface area contributed by atoms with Gasteiger partial charge in [-0.2, -0.15) is 0 Å². The first-order chi connectivity index (χ1) is 8.70. The summed E-state index contributed by atoms with van der Waals surface area (Å²) in [7, 11) is 0. The van der Waals surface area contributed by atoms with Gasteiger partial charge in [0.2, 0.25) is 0 Å². The van der Waals surface area contributed by atoms with E-state index in [9.17, 15) is 9.18 Å². The Morgan fingerprint density at radius 2 is 2.00 bits per heavy atom. The second kappa shape index (κ2) is 5.65. The van der Waals surface area contributed by atoms with Crippen molar-refractivity contribution < 1.29 is 13.9 Å². The van der Waals surface area contributed by atoms with Crippen LogP contribution in [-0.2, 0) is 6.61 Å². The maximum atomic E-state index is 13.0. The second-order valence-electron chi connectivity index (χ2n) is 3.68. The van der Waals surface area contributed by atoms with Crippen LogP contribution in [0.1, 0.15) is 15.9 Å². The van der Waals surface area contributed by atoms with Crippen LogP contribution in [0.3, 0.4) is 0 Å². The lowest BCUT2D eigenvalue weighted by Crippen LogP contribution is -1.99. The van der Waals surface area contributed by atoms with Crippen molar-refractivity contribution in [2.24, 2.45) is 0 Å². The zero-order valence-electron chi connectivity index (χ0n) is 9.40. The molecule has 0 fully saturated rings. The van der Waals surface area contributed by atoms with E-state index in [1.165, 1.54) is 18.2 Å². The Labute approximate surface area is 109 Å². The monoisotopic (exact) mass is 264 g/mol. The summed E-state index contributed by atoms with van der Waals surface area (Å²) in [6.07, 6.45) is 0.711. The number of aldehydes is 1. The molecule has 0 radical (unpaired) electrons. The zero-order chi connectivity index (χ0) is 13.0. The molecule has 0 atom stereocenters. The Kier molecular flexibility index (Phi) is 3.95. The lowest BCUT2D eigenvalue weighted by atomic mass is 10.2. The average molecular weight is 265 g/mol. The van der Waals surface area contributed by atoms with Crippen LogP contribution in [-0.4, -0.2) is 6.29 Å². The molecule has 0 amide bonds. The third-order valence-corrected chi connectivity index (χ3v) is 2.81. The molecule has 18 heavy (non-hydrogen) atoms. The van der Waals surface area contributed by atoms with E-state index in [-0.39, 0.29) is 12.4 Å². The van der Waals surface area contributed by atoms with E-state index in [0.717, 1.165) is 0 Å². The van der Waals surface area contributed by atoms with Crippen molar-refractivity contribution >= 4 is 17.9 Å². The first-order valence-electron chi connectivity index (χ1n) is 5.31. The molecule has 2 rings (SSSR count).